The lowest BCUT2D eigenvalue weighted by molar-refractivity contribution is 1.04. The first kappa shape index (κ1) is 14.5. The van der Waals surface area contributed by atoms with Gasteiger partial charge in [-0.25, -0.2) is 0 Å². The molecule has 0 spiro atoms. The largest absolute Gasteiger partial charge is 0.260 e. The number of hydrogen-bond acceptors (Lipinski definition) is 2. The Labute approximate surface area is 135 Å². The predicted octanol–water partition coefficient (Wildman–Crippen LogP) is 4.80. The molecule has 0 radical (unpaired) electrons. The second kappa shape index (κ2) is 6.12. The molecule has 0 aliphatic heterocycles. The molecule has 2 aromatic heterocycles. The standard InChI is InChI=1S/C19H14N2.ClH/c1-3-7-17-14(5-1)11-12-20-19(17)13-16-10-9-15-6-2-4-8-18(15)21-16;/h1-12H,13H2;1H. The van der Waals surface area contributed by atoms with Crippen molar-refractivity contribution in [2.24, 2.45) is 0 Å². The third-order valence-electron chi connectivity index (χ3n) is 3.76. The van der Waals surface area contributed by atoms with E-state index in [1.807, 2.05) is 24.4 Å². The van der Waals surface area contributed by atoms with Crippen molar-refractivity contribution in [1.82, 2.24) is 9.97 Å². The normalized spacial score (nSPS) is 10.5. The van der Waals surface area contributed by atoms with Gasteiger partial charge in [-0.15, -0.1) is 12.4 Å². The van der Waals surface area contributed by atoms with E-state index in [1.165, 1.54) is 16.2 Å². The van der Waals surface area contributed by atoms with Gasteiger partial charge in [0.2, 0.25) is 0 Å². The van der Waals surface area contributed by atoms with Crippen LogP contribution in [-0.2, 0) is 6.42 Å². The Hall–Kier alpha value is -2.45. The van der Waals surface area contributed by atoms with Crippen LogP contribution in [0.15, 0.2) is 72.9 Å². The molecule has 0 aliphatic rings. The number of rotatable bonds is 2. The zero-order chi connectivity index (χ0) is 14.1. The van der Waals surface area contributed by atoms with Gasteiger partial charge < -0.3 is 0 Å². The van der Waals surface area contributed by atoms with Gasteiger partial charge in [-0.05, 0) is 23.6 Å². The number of pyridine rings is 2. The SMILES string of the molecule is Cl.c1ccc2nc(Cc3nccc4ccccc34)ccc2c1. The predicted molar refractivity (Wildman–Crippen MR) is 93.5 cm³/mol. The van der Waals surface area contributed by atoms with Gasteiger partial charge in [-0.2, -0.15) is 0 Å². The summed E-state index contributed by atoms with van der Waals surface area (Å²) in [4.78, 5) is 9.28. The zero-order valence-electron chi connectivity index (χ0n) is 11.9. The maximum Gasteiger partial charge on any atom is 0.0705 e. The first-order chi connectivity index (χ1) is 10.4. The maximum absolute atomic E-state index is 4.74. The van der Waals surface area contributed by atoms with E-state index >= 15 is 0 Å². The van der Waals surface area contributed by atoms with Crippen molar-refractivity contribution in [1.29, 1.82) is 0 Å². The van der Waals surface area contributed by atoms with E-state index in [0.717, 1.165) is 23.3 Å². The second-order valence-corrected chi connectivity index (χ2v) is 5.15. The van der Waals surface area contributed by atoms with Crippen molar-refractivity contribution in [3.05, 3.63) is 84.3 Å². The summed E-state index contributed by atoms with van der Waals surface area (Å²) in [6.45, 7) is 0. The van der Waals surface area contributed by atoms with E-state index < -0.39 is 0 Å². The van der Waals surface area contributed by atoms with Crippen molar-refractivity contribution in [2.75, 3.05) is 0 Å². The average molecular weight is 307 g/mol. The number of halogens is 1. The van der Waals surface area contributed by atoms with E-state index in [9.17, 15) is 0 Å². The Bertz CT molecular complexity index is 929. The molecule has 0 aliphatic carbocycles. The minimum absolute atomic E-state index is 0. The van der Waals surface area contributed by atoms with Crippen LogP contribution in [0.5, 0.6) is 0 Å². The summed E-state index contributed by atoms with van der Waals surface area (Å²) in [7, 11) is 0. The van der Waals surface area contributed by atoms with Crippen molar-refractivity contribution in [3.8, 4) is 0 Å². The Morgan fingerprint density at radius 2 is 1.50 bits per heavy atom. The molecule has 3 heteroatoms. The molecule has 4 aromatic rings. The molecule has 0 atom stereocenters. The van der Waals surface area contributed by atoms with Crippen molar-refractivity contribution in [3.63, 3.8) is 0 Å². The van der Waals surface area contributed by atoms with Gasteiger partial charge in [0.05, 0.1) is 11.2 Å². The van der Waals surface area contributed by atoms with E-state index in [4.69, 9.17) is 4.98 Å². The highest BCUT2D eigenvalue weighted by Crippen LogP contribution is 2.20. The molecule has 108 valence electrons. The highest BCUT2D eigenvalue weighted by atomic mass is 35.5. The quantitative estimate of drug-likeness (QED) is 0.532. The number of benzene rings is 2. The molecule has 0 unspecified atom stereocenters. The van der Waals surface area contributed by atoms with Crippen molar-refractivity contribution < 1.29 is 0 Å². The lowest BCUT2D eigenvalue weighted by Crippen LogP contribution is -1.96. The number of hydrogen-bond donors (Lipinski definition) is 0. The van der Waals surface area contributed by atoms with Gasteiger partial charge >= 0.3 is 0 Å². The summed E-state index contributed by atoms with van der Waals surface area (Å²) < 4.78 is 0. The van der Waals surface area contributed by atoms with Crippen LogP contribution in [0.2, 0.25) is 0 Å². The number of fused-ring (bicyclic) bond motifs is 2. The fourth-order valence-corrected chi connectivity index (χ4v) is 2.70. The Kier molecular flexibility index (Phi) is 4.03. The molecular weight excluding hydrogens is 292 g/mol. The van der Waals surface area contributed by atoms with Gasteiger partial charge in [-0.1, -0.05) is 48.5 Å². The first-order valence-corrected chi connectivity index (χ1v) is 7.07. The molecule has 2 heterocycles. The Balaban J connectivity index is 0.00000144. The van der Waals surface area contributed by atoms with E-state index in [2.05, 4.69) is 53.5 Å². The third-order valence-corrected chi connectivity index (χ3v) is 3.76. The lowest BCUT2D eigenvalue weighted by Gasteiger charge is -2.06. The van der Waals surface area contributed by atoms with Gasteiger partial charge in [0.25, 0.3) is 0 Å². The van der Waals surface area contributed by atoms with Crippen LogP contribution in [0.1, 0.15) is 11.4 Å². The molecule has 0 amide bonds. The fraction of sp³-hybridized carbons (Fsp3) is 0.0526. The molecular formula is C19H15ClN2. The minimum Gasteiger partial charge on any atom is -0.260 e. The number of aromatic nitrogens is 2. The number of nitrogens with zero attached hydrogens (tertiary/aromatic N) is 2. The molecule has 2 aromatic carbocycles. The van der Waals surface area contributed by atoms with E-state index in [0.29, 0.717) is 0 Å². The van der Waals surface area contributed by atoms with Crippen molar-refractivity contribution in [2.45, 2.75) is 6.42 Å². The monoisotopic (exact) mass is 306 g/mol. The van der Waals surface area contributed by atoms with E-state index in [-0.39, 0.29) is 12.4 Å². The van der Waals surface area contributed by atoms with Crippen LogP contribution in [0.3, 0.4) is 0 Å². The first-order valence-electron chi connectivity index (χ1n) is 7.07. The average Bonchev–Trinajstić information content (AvgIpc) is 2.55. The molecule has 2 nitrogen and oxygen atoms in total. The Morgan fingerprint density at radius 1 is 0.727 bits per heavy atom. The summed E-state index contributed by atoms with van der Waals surface area (Å²) in [5.74, 6) is 0. The van der Waals surface area contributed by atoms with Gasteiger partial charge in [-0.3, -0.25) is 9.97 Å². The van der Waals surface area contributed by atoms with E-state index in [1.54, 1.807) is 0 Å². The highest BCUT2D eigenvalue weighted by Gasteiger charge is 2.05. The Morgan fingerprint density at radius 3 is 2.41 bits per heavy atom. The molecule has 4 rings (SSSR count). The lowest BCUT2D eigenvalue weighted by atomic mass is 10.1. The smallest absolute Gasteiger partial charge is 0.0705 e. The zero-order valence-corrected chi connectivity index (χ0v) is 12.8. The van der Waals surface area contributed by atoms with Crippen molar-refractivity contribution >= 4 is 34.1 Å². The van der Waals surface area contributed by atoms with Gasteiger partial charge in [0, 0.05) is 29.1 Å². The van der Waals surface area contributed by atoms with Crippen LogP contribution in [0.25, 0.3) is 21.7 Å². The highest BCUT2D eigenvalue weighted by molar-refractivity contribution is 5.85. The third kappa shape index (κ3) is 2.66. The summed E-state index contributed by atoms with van der Waals surface area (Å²) in [5, 5.41) is 3.60. The number of para-hydroxylation sites is 1. The molecule has 0 N–H and O–H groups in total. The summed E-state index contributed by atoms with van der Waals surface area (Å²) in [6.07, 6.45) is 2.63. The molecule has 0 saturated carbocycles. The van der Waals surface area contributed by atoms with Gasteiger partial charge in [0.15, 0.2) is 0 Å². The fourth-order valence-electron chi connectivity index (χ4n) is 2.70. The van der Waals surface area contributed by atoms with Crippen LogP contribution in [0, 0.1) is 0 Å². The second-order valence-electron chi connectivity index (χ2n) is 5.15. The molecule has 22 heavy (non-hydrogen) atoms. The van der Waals surface area contributed by atoms with Crippen LogP contribution < -0.4 is 0 Å². The summed E-state index contributed by atoms with van der Waals surface area (Å²) in [5.41, 5.74) is 3.17. The maximum atomic E-state index is 4.74. The van der Waals surface area contributed by atoms with Crippen LogP contribution in [0.4, 0.5) is 0 Å². The molecule has 0 fully saturated rings. The molecule has 0 saturated heterocycles. The van der Waals surface area contributed by atoms with Gasteiger partial charge in [0.1, 0.15) is 0 Å². The van der Waals surface area contributed by atoms with Crippen LogP contribution >= 0.6 is 12.4 Å². The minimum atomic E-state index is 0. The van der Waals surface area contributed by atoms with Crippen LogP contribution in [-0.4, -0.2) is 9.97 Å². The summed E-state index contributed by atoms with van der Waals surface area (Å²) in [6, 6.07) is 22.8. The topological polar surface area (TPSA) is 25.8 Å². The molecule has 0 bridgehead atoms. The summed E-state index contributed by atoms with van der Waals surface area (Å²) >= 11 is 0.